The van der Waals surface area contributed by atoms with Crippen molar-refractivity contribution in [3.8, 4) is 0 Å². The number of rotatable bonds is 6. The number of non-ortho nitro benzene ring substituents is 1. The Hall–Kier alpha value is -3.48. The Kier molecular flexibility index (Phi) is 6.20. The Bertz CT molecular complexity index is 1700. The third-order valence-electron chi connectivity index (χ3n) is 4.41. The van der Waals surface area contributed by atoms with Gasteiger partial charge in [-0.3, -0.25) is 28.6 Å². The van der Waals surface area contributed by atoms with Crippen LogP contribution in [0.1, 0.15) is 10.4 Å². The maximum Gasteiger partial charge on any atom is 0.296 e. The van der Waals surface area contributed by atoms with E-state index in [-0.39, 0.29) is 5.56 Å². The van der Waals surface area contributed by atoms with Crippen molar-refractivity contribution in [1.82, 2.24) is 0 Å². The molecule has 34 heavy (non-hydrogen) atoms. The van der Waals surface area contributed by atoms with Crippen LogP contribution in [0, 0.1) is 10.1 Å². The van der Waals surface area contributed by atoms with E-state index in [1.54, 1.807) is 0 Å². The van der Waals surface area contributed by atoms with E-state index in [4.69, 9.17) is 0 Å². The van der Waals surface area contributed by atoms with Gasteiger partial charge in [0, 0.05) is 23.1 Å². The molecule has 0 bridgehead atoms. The predicted molar refractivity (Wildman–Crippen MR) is 114 cm³/mol. The molecular formula is C17H12N2O12S3. The minimum atomic E-state index is -5.15. The molecule has 14 nitrogen and oxygen atoms in total. The van der Waals surface area contributed by atoms with Crippen molar-refractivity contribution in [2.75, 3.05) is 5.32 Å². The van der Waals surface area contributed by atoms with Crippen molar-refractivity contribution in [2.45, 2.75) is 14.7 Å². The second-order valence-electron chi connectivity index (χ2n) is 6.68. The van der Waals surface area contributed by atoms with Crippen LogP contribution in [0.5, 0.6) is 0 Å². The van der Waals surface area contributed by atoms with Crippen LogP contribution in [0.15, 0.2) is 63.2 Å². The number of nitrogens with one attached hydrogen (secondary N) is 1. The highest BCUT2D eigenvalue weighted by atomic mass is 32.2. The molecule has 0 aliphatic carbocycles. The highest BCUT2D eigenvalue weighted by Gasteiger charge is 2.25. The largest absolute Gasteiger partial charge is 0.321 e. The number of nitro benzene ring substituents is 1. The van der Waals surface area contributed by atoms with E-state index in [0.717, 1.165) is 18.2 Å². The first kappa shape index (κ1) is 25.1. The van der Waals surface area contributed by atoms with Crippen molar-refractivity contribution < 1.29 is 48.6 Å². The summed E-state index contributed by atoms with van der Waals surface area (Å²) < 4.78 is 98.8. The average Bonchev–Trinajstić information content (AvgIpc) is 2.70. The highest BCUT2D eigenvalue weighted by Crippen LogP contribution is 2.34. The van der Waals surface area contributed by atoms with Crippen LogP contribution < -0.4 is 5.32 Å². The van der Waals surface area contributed by atoms with Crippen LogP contribution >= 0.6 is 0 Å². The van der Waals surface area contributed by atoms with Crippen molar-refractivity contribution in [1.29, 1.82) is 0 Å². The van der Waals surface area contributed by atoms with Crippen molar-refractivity contribution in [3.05, 3.63) is 64.2 Å². The topological polar surface area (TPSA) is 235 Å². The number of anilines is 1. The first-order valence-corrected chi connectivity index (χ1v) is 12.9. The molecule has 0 aromatic heterocycles. The Morgan fingerprint density at radius 2 is 1.44 bits per heavy atom. The molecule has 3 rings (SSSR count). The molecule has 0 saturated carbocycles. The van der Waals surface area contributed by atoms with Gasteiger partial charge in [0.25, 0.3) is 41.9 Å². The van der Waals surface area contributed by atoms with E-state index < -0.39 is 78.0 Å². The summed E-state index contributed by atoms with van der Waals surface area (Å²) in [4.78, 5) is 19.6. The summed E-state index contributed by atoms with van der Waals surface area (Å²) in [6.45, 7) is 0. The number of nitrogens with zero attached hydrogens (tertiary/aromatic N) is 1. The van der Waals surface area contributed by atoms with Gasteiger partial charge in [-0.15, -0.1) is 0 Å². The number of carbonyl (C=O) groups is 1. The summed E-state index contributed by atoms with van der Waals surface area (Å²) in [7, 11) is -15.3. The Balaban J connectivity index is 2.30. The number of hydrogen-bond acceptors (Lipinski definition) is 9. The van der Waals surface area contributed by atoms with Crippen LogP contribution in [-0.2, 0) is 30.4 Å². The zero-order chi connectivity index (χ0) is 25.6. The molecule has 0 atom stereocenters. The second-order valence-corrected chi connectivity index (χ2v) is 10.9. The lowest BCUT2D eigenvalue weighted by atomic mass is 10.1. The molecule has 0 fully saturated rings. The summed E-state index contributed by atoms with van der Waals surface area (Å²) in [6.07, 6.45) is 0. The van der Waals surface area contributed by atoms with E-state index in [1.807, 2.05) is 0 Å². The van der Waals surface area contributed by atoms with Gasteiger partial charge >= 0.3 is 0 Å². The van der Waals surface area contributed by atoms with Gasteiger partial charge in [0.2, 0.25) is 0 Å². The van der Waals surface area contributed by atoms with Gasteiger partial charge in [-0.25, -0.2) is 0 Å². The molecule has 0 unspecified atom stereocenters. The first-order chi connectivity index (χ1) is 15.5. The molecule has 1 amide bonds. The molecule has 0 spiro atoms. The van der Waals surface area contributed by atoms with E-state index in [1.165, 1.54) is 6.07 Å². The summed E-state index contributed by atoms with van der Waals surface area (Å²) in [5, 5.41) is 12.0. The smallest absolute Gasteiger partial charge is 0.296 e. The molecule has 0 aliphatic heterocycles. The van der Waals surface area contributed by atoms with Gasteiger partial charge in [-0.05, 0) is 35.7 Å². The van der Waals surface area contributed by atoms with Crippen LogP contribution in [0.3, 0.4) is 0 Å². The average molecular weight is 532 g/mol. The third kappa shape index (κ3) is 5.19. The number of benzene rings is 3. The monoisotopic (exact) mass is 532 g/mol. The van der Waals surface area contributed by atoms with Crippen LogP contribution in [0.25, 0.3) is 10.8 Å². The maximum absolute atomic E-state index is 12.6. The highest BCUT2D eigenvalue weighted by molar-refractivity contribution is 7.87. The van der Waals surface area contributed by atoms with Gasteiger partial charge in [0.1, 0.15) is 9.79 Å². The van der Waals surface area contributed by atoms with Gasteiger partial charge in [0.15, 0.2) is 0 Å². The van der Waals surface area contributed by atoms with E-state index in [2.05, 4.69) is 5.32 Å². The standard InChI is InChI=1S/C17H12N2O12S3/c20-17(9-2-1-3-11(4-9)19(21)22)18-14-8-13-10(6-16(14)34(29,30)31)5-12(32(23,24)25)7-15(13)33(26,27)28/h1-8H,(H,18,20)(H,23,24,25)(H,26,27,28)(H,29,30,31). The zero-order valence-corrected chi connectivity index (χ0v) is 18.8. The molecule has 0 heterocycles. The molecule has 0 aliphatic rings. The molecular weight excluding hydrogens is 520 g/mol. The number of fused-ring (bicyclic) bond motifs is 1. The number of nitro groups is 1. The van der Waals surface area contributed by atoms with Crippen molar-refractivity contribution in [2.24, 2.45) is 0 Å². The predicted octanol–water partition coefficient (Wildman–Crippen LogP) is 1.74. The van der Waals surface area contributed by atoms with Crippen molar-refractivity contribution >= 4 is 58.4 Å². The van der Waals surface area contributed by atoms with Gasteiger partial charge in [-0.2, -0.15) is 25.3 Å². The lowest BCUT2D eigenvalue weighted by Gasteiger charge is -2.13. The van der Waals surface area contributed by atoms with Gasteiger partial charge in [-0.1, -0.05) is 6.07 Å². The second kappa shape index (κ2) is 8.38. The summed E-state index contributed by atoms with van der Waals surface area (Å²) >= 11 is 0. The Morgan fingerprint density at radius 1 is 0.824 bits per heavy atom. The number of amides is 1. The third-order valence-corrected chi connectivity index (χ3v) is 7.03. The Morgan fingerprint density at radius 3 is 1.97 bits per heavy atom. The van der Waals surface area contributed by atoms with E-state index in [0.29, 0.717) is 24.3 Å². The van der Waals surface area contributed by atoms with E-state index >= 15 is 0 Å². The van der Waals surface area contributed by atoms with Crippen LogP contribution in [0.2, 0.25) is 0 Å². The molecule has 3 aromatic rings. The molecule has 4 N–H and O–H groups in total. The number of hydrogen-bond donors (Lipinski definition) is 4. The van der Waals surface area contributed by atoms with Crippen LogP contribution in [0.4, 0.5) is 11.4 Å². The quantitative estimate of drug-likeness (QED) is 0.202. The summed E-state index contributed by atoms with van der Waals surface area (Å²) in [5.41, 5.74) is -1.46. The lowest BCUT2D eigenvalue weighted by molar-refractivity contribution is -0.384. The molecule has 0 radical (unpaired) electrons. The van der Waals surface area contributed by atoms with Gasteiger partial charge in [0.05, 0.1) is 15.5 Å². The van der Waals surface area contributed by atoms with Crippen molar-refractivity contribution in [3.63, 3.8) is 0 Å². The molecule has 3 aromatic carbocycles. The molecule has 180 valence electrons. The maximum atomic E-state index is 12.6. The Labute approximate surface area is 191 Å². The van der Waals surface area contributed by atoms with Crippen LogP contribution in [-0.4, -0.2) is 49.7 Å². The minimum Gasteiger partial charge on any atom is -0.321 e. The van der Waals surface area contributed by atoms with E-state index in [9.17, 15) is 53.8 Å². The molecule has 17 heteroatoms. The zero-order valence-electron chi connectivity index (χ0n) is 16.3. The van der Waals surface area contributed by atoms with Gasteiger partial charge < -0.3 is 5.32 Å². The lowest BCUT2D eigenvalue weighted by Crippen LogP contribution is -2.15. The summed E-state index contributed by atoms with van der Waals surface area (Å²) in [5.74, 6) is -1.09. The normalized spacial score (nSPS) is 12.4. The fourth-order valence-electron chi connectivity index (χ4n) is 2.96. The SMILES string of the molecule is O=C(Nc1cc2c(S(=O)(=O)O)cc(S(=O)(=O)O)cc2cc1S(=O)(=O)O)c1cccc([N+](=O)[O-])c1. The fourth-order valence-corrected chi connectivity index (χ4v) is 4.97. The first-order valence-electron chi connectivity index (χ1n) is 8.58. The summed E-state index contributed by atoms with van der Waals surface area (Å²) in [6, 6.07) is 6.64. The fraction of sp³-hybridized carbons (Fsp3) is 0. The number of carbonyl (C=O) groups excluding carboxylic acids is 1. The molecule has 0 saturated heterocycles. The minimum absolute atomic E-state index is 0.299.